The molecule has 1 aliphatic heterocycles. The first-order valence-corrected chi connectivity index (χ1v) is 3.37. The van der Waals surface area contributed by atoms with Crippen LogP contribution in [0.25, 0.3) is 0 Å². The second kappa shape index (κ2) is 3.05. The minimum absolute atomic E-state index is 0. The standard InChI is InChI=1S/C6H14N2.H2/c7-5-6-3-1-2-4-8-6;/h6,8H,1-5,7H2;1H. The fourth-order valence-corrected chi connectivity index (χ4v) is 1.13. The smallest absolute Gasteiger partial charge is 0.0190 e. The number of piperidine rings is 1. The molecule has 0 amide bonds. The molecule has 1 aliphatic rings. The average Bonchev–Trinajstić information content (AvgIpc) is 1.90. The van der Waals surface area contributed by atoms with E-state index in [0.717, 1.165) is 6.54 Å². The monoisotopic (exact) mass is 116 g/mol. The van der Waals surface area contributed by atoms with Gasteiger partial charge in [-0.1, -0.05) is 6.42 Å². The van der Waals surface area contributed by atoms with Crippen molar-refractivity contribution >= 4 is 0 Å². The lowest BCUT2D eigenvalue weighted by molar-refractivity contribution is 0.407. The van der Waals surface area contributed by atoms with Crippen LogP contribution >= 0.6 is 0 Å². The van der Waals surface area contributed by atoms with Crippen LogP contribution < -0.4 is 11.1 Å². The van der Waals surface area contributed by atoms with Crippen molar-refractivity contribution in [1.82, 2.24) is 5.32 Å². The molecule has 0 bridgehead atoms. The molecule has 1 unspecified atom stereocenters. The van der Waals surface area contributed by atoms with Crippen LogP contribution in [0, 0.1) is 0 Å². The van der Waals surface area contributed by atoms with Crippen LogP contribution in [0.2, 0.25) is 0 Å². The van der Waals surface area contributed by atoms with E-state index in [9.17, 15) is 0 Å². The average molecular weight is 116 g/mol. The van der Waals surface area contributed by atoms with Gasteiger partial charge in [0.25, 0.3) is 0 Å². The van der Waals surface area contributed by atoms with Gasteiger partial charge in [-0.2, -0.15) is 0 Å². The molecule has 0 radical (unpaired) electrons. The third-order valence-electron chi connectivity index (χ3n) is 1.70. The van der Waals surface area contributed by atoms with Crippen LogP contribution in [0.4, 0.5) is 0 Å². The maximum Gasteiger partial charge on any atom is 0.0190 e. The van der Waals surface area contributed by atoms with E-state index in [1.54, 1.807) is 0 Å². The quantitative estimate of drug-likeness (QED) is 0.518. The molecule has 1 saturated heterocycles. The predicted octanol–water partition coefficient (Wildman–Crippen LogP) is 0.333. The molecule has 0 aromatic carbocycles. The number of hydrogen-bond acceptors (Lipinski definition) is 2. The molecular weight excluding hydrogens is 100 g/mol. The molecule has 0 saturated carbocycles. The summed E-state index contributed by atoms with van der Waals surface area (Å²) < 4.78 is 0. The molecule has 1 heterocycles. The minimum Gasteiger partial charge on any atom is -0.329 e. The zero-order chi connectivity index (χ0) is 5.82. The lowest BCUT2D eigenvalue weighted by atomic mass is 10.1. The van der Waals surface area contributed by atoms with Crippen molar-refractivity contribution in [2.24, 2.45) is 5.73 Å². The highest BCUT2D eigenvalue weighted by atomic mass is 14.9. The highest BCUT2D eigenvalue weighted by Gasteiger charge is 2.08. The minimum atomic E-state index is 0. The van der Waals surface area contributed by atoms with Gasteiger partial charge in [0.2, 0.25) is 0 Å². The van der Waals surface area contributed by atoms with Gasteiger partial charge in [-0.25, -0.2) is 0 Å². The Bertz CT molecular complexity index is 62.1. The lowest BCUT2D eigenvalue weighted by Crippen LogP contribution is -2.39. The van der Waals surface area contributed by atoms with Gasteiger partial charge in [-0.3, -0.25) is 0 Å². The maximum atomic E-state index is 5.44. The van der Waals surface area contributed by atoms with Crippen LogP contribution in [-0.4, -0.2) is 19.1 Å². The largest absolute Gasteiger partial charge is 0.329 e. The van der Waals surface area contributed by atoms with E-state index >= 15 is 0 Å². The van der Waals surface area contributed by atoms with Crippen LogP contribution in [0.5, 0.6) is 0 Å². The van der Waals surface area contributed by atoms with Gasteiger partial charge >= 0.3 is 0 Å². The van der Waals surface area contributed by atoms with Crippen LogP contribution in [0.3, 0.4) is 0 Å². The Labute approximate surface area is 51.9 Å². The van der Waals surface area contributed by atoms with Gasteiger partial charge in [0.05, 0.1) is 0 Å². The van der Waals surface area contributed by atoms with Gasteiger partial charge < -0.3 is 11.1 Å². The summed E-state index contributed by atoms with van der Waals surface area (Å²) in [5.41, 5.74) is 5.44. The molecule has 0 aromatic heterocycles. The molecule has 50 valence electrons. The second-order valence-corrected chi connectivity index (χ2v) is 2.38. The Morgan fingerprint density at radius 3 is 2.88 bits per heavy atom. The summed E-state index contributed by atoms with van der Waals surface area (Å²) in [6.45, 7) is 1.97. The van der Waals surface area contributed by atoms with Crippen LogP contribution in [0.15, 0.2) is 0 Å². The number of rotatable bonds is 1. The Balaban J connectivity index is 0.000000640. The summed E-state index contributed by atoms with van der Waals surface area (Å²) in [6, 6.07) is 0.615. The van der Waals surface area contributed by atoms with Crippen LogP contribution in [-0.2, 0) is 0 Å². The van der Waals surface area contributed by atoms with Crippen LogP contribution in [0.1, 0.15) is 20.7 Å². The maximum absolute atomic E-state index is 5.44. The first-order chi connectivity index (χ1) is 3.93. The molecule has 8 heavy (non-hydrogen) atoms. The summed E-state index contributed by atoms with van der Waals surface area (Å²) in [5.74, 6) is 0. The molecule has 0 aliphatic carbocycles. The van der Waals surface area contributed by atoms with Crippen molar-refractivity contribution in [2.45, 2.75) is 25.3 Å². The van der Waals surface area contributed by atoms with E-state index in [1.807, 2.05) is 0 Å². The van der Waals surface area contributed by atoms with E-state index in [0.29, 0.717) is 6.04 Å². The fraction of sp³-hybridized carbons (Fsp3) is 1.00. The summed E-state index contributed by atoms with van der Waals surface area (Å²) in [4.78, 5) is 0. The molecular formula is C6H16N2. The topological polar surface area (TPSA) is 38.0 Å². The van der Waals surface area contributed by atoms with Crippen molar-refractivity contribution in [3.63, 3.8) is 0 Å². The molecule has 3 N–H and O–H groups in total. The SMILES string of the molecule is NCC1CCCCN1.[HH]. The molecule has 1 atom stereocenters. The van der Waals surface area contributed by atoms with Gasteiger partial charge in [-0.05, 0) is 19.4 Å². The highest BCUT2D eigenvalue weighted by Crippen LogP contribution is 2.04. The zero-order valence-corrected chi connectivity index (χ0v) is 5.19. The zero-order valence-electron chi connectivity index (χ0n) is 5.19. The highest BCUT2D eigenvalue weighted by molar-refractivity contribution is 4.71. The van der Waals surface area contributed by atoms with Gasteiger partial charge in [0.1, 0.15) is 0 Å². The Morgan fingerprint density at radius 1 is 1.62 bits per heavy atom. The summed E-state index contributed by atoms with van der Waals surface area (Å²) in [6.07, 6.45) is 3.96. The molecule has 1 rings (SSSR count). The molecule has 0 aromatic rings. The Kier molecular flexibility index (Phi) is 2.30. The molecule has 0 spiro atoms. The lowest BCUT2D eigenvalue weighted by Gasteiger charge is -2.21. The first kappa shape index (κ1) is 6.05. The Morgan fingerprint density at radius 2 is 2.50 bits per heavy atom. The van der Waals surface area contributed by atoms with E-state index < -0.39 is 0 Å². The Hall–Kier alpha value is -0.0800. The van der Waals surface area contributed by atoms with Crippen molar-refractivity contribution < 1.29 is 1.43 Å². The molecule has 1 fully saturated rings. The van der Waals surface area contributed by atoms with Gasteiger partial charge in [0, 0.05) is 14.0 Å². The van der Waals surface area contributed by atoms with Gasteiger partial charge in [0.15, 0.2) is 0 Å². The summed E-state index contributed by atoms with van der Waals surface area (Å²) >= 11 is 0. The van der Waals surface area contributed by atoms with E-state index in [4.69, 9.17) is 5.73 Å². The molecule has 2 nitrogen and oxygen atoms in total. The first-order valence-electron chi connectivity index (χ1n) is 3.37. The molecule has 2 heteroatoms. The van der Waals surface area contributed by atoms with E-state index in [1.165, 1.54) is 25.8 Å². The summed E-state index contributed by atoms with van der Waals surface area (Å²) in [5, 5.41) is 3.34. The number of hydrogen-bond donors (Lipinski definition) is 2. The third-order valence-corrected chi connectivity index (χ3v) is 1.70. The van der Waals surface area contributed by atoms with Crippen molar-refractivity contribution in [3.05, 3.63) is 0 Å². The van der Waals surface area contributed by atoms with Gasteiger partial charge in [-0.15, -0.1) is 0 Å². The predicted molar refractivity (Wildman–Crippen MR) is 36.8 cm³/mol. The van der Waals surface area contributed by atoms with Crippen molar-refractivity contribution in [3.8, 4) is 0 Å². The van der Waals surface area contributed by atoms with Crippen molar-refractivity contribution in [1.29, 1.82) is 0 Å². The normalized spacial score (nSPS) is 30.4. The van der Waals surface area contributed by atoms with Crippen molar-refractivity contribution in [2.75, 3.05) is 13.1 Å². The fourth-order valence-electron chi connectivity index (χ4n) is 1.13. The van der Waals surface area contributed by atoms with E-state index in [-0.39, 0.29) is 1.43 Å². The summed E-state index contributed by atoms with van der Waals surface area (Å²) in [7, 11) is 0. The third kappa shape index (κ3) is 1.46. The van der Waals surface area contributed by atoms with E-state index in [2.05, 4.69) is 5.32 Å². The number of nitrogens with one attached hydrogen (secondary N) is 1. The number of nitrogens with two attached hydrogens (primary N) is 1. The second-order valence-electron chi connectivity index (χ2n) is 2.38.